The van der Waals surface area contributed by atoms with Crippen LogP contribution in [0.4, 0.5) is 4.39 Å². The predicted molar refractivity (Wildman–Crippen MR) is 162 cm³/mol. The molecule has 208 valence electrons. The third-order valence-electron chi connectivity index (χ3n) is 6.99. The van der Waals surface area contributed by atoms with Gasteiger partial charge in [0.1, 0.15) is 15.8 Å². The number of halogens is 1. The maximum atomic E-state index is 13.4. The third-order valence-corrected chi connectivity index (χ3v) is 10.3. The average Bonchev–Trinajstić information content (AvgIpc) is 3.73. The first-order valence-electron chi connectivity index (χ1n) is 13.0. The molecule has 2 aliphatic rings. The molecule has 2 fully saturated rings. The fourth-order valence-corrected chi connectivity index (χ4v) is 7.67. The molecular weight excluding hydrogens is 580 g/mol. The maximum Gasteiger partial charge on any atom is 0.266 e. The molecule has 2 saturated heterocycles. The van der Waals surface area contributed by atoms with E-state index < -0.39 is 10.0 Å². The second-order valence-electron chi connectivity index (χ2n) is 9.75. The van der Waals surface area contributed by atoms with E-state index in [1.54, 1.807) is 41.1 Å². The van der Waals surface area contributed by atoms with Gasteiger partial charge in [-0.25, -0.2) is 17.5 Å². The first-order valence-corrected chi connectivity index (χ1v) is 15.7. The van der Waals surface area contributed by atoms with Crippen molar-refractivity contribution in [1.82, 2.24) is 19.0 Å². The van der Waals surface area contributed by atoms with Crippen molar-refractivity contribution < 1.29 is 17.6 Å². The van der Waals surface area contributed by atoms with Crippen LogP contribution in [0.2, 0.25) is 0 Å². The number of carbonyl (C=O) groups excluding carboxylic acids is 1. The van der Waals surface area contributed by atoms with Gasteiger partial charge < -0.3 is 0 Å². The van der Waals surface area contributed by atoms with Crippen molar-refractivity contribution in [2.24, 2.45) is 0 Å². The topological polar surface area (TPSA) is 75.5 Å². The fourth-order valence-electron chi connectivity index (χ4n) is 4.86. The summed E-state index contributed by atoms with van der Waals surface area (Å²) in [7, 11) is -3.63. The second-order valence-corrected chi connectivity index (χ2v) is 13.4. The number of nitrogens with zero attached hydrogens (tertiary/aromatic N) is 4. The Bertz CT molecular complexity index is 1760. The van der Waals surface area contributed by atoms with Gasteiger partial charge in [0, 0.05) is 30.4 Å². The molecule has 0 radical (unpaired) electrons. The lowest BCUT2D eigenvalue weighted by Gasteiger charge is -2.16. The molecule has 0 spiro atoms. The van der Waals surface area contributed by atoms with Crippen LogP contribution in [0.1, 0.15) is 24.0 Å². The summed E-state index contributed by atoms with van der Waals surface area (Å²) < 4.78 is 43.6. The number of hydrogen-bond acceptors (Lipinski definition) is 6. The van der Waals surface area contributed by atoms with E-state index in [0.29, 0.717) is 39.1 Å². The quantitative estimate of drug-likeness (QED) is 0.194. The first kappa shape index (κ1) is 27.5. The van der Waals surface area contributed by atoms with Crippen molar-refractivity contribution in [3.05, 3.63) is 107 Å². The summed E-state index contributed by atoms with van der Waals surface area (Å²) in [5.74, 6) is -0.604. The number of thioether (sulfide) groups is 1. The highest BCUT2D eigenvalue weighted by atomic mass is 32.2. The molecule has 11 heteroatoms. The minimum atomic E-state index is -3.63. The van der Waals surface area contributed by atoms with Crippen LogP contribution >= 0.6 is 24.0 Å². The number of para-hydroxylation sites is 1. The Labute approximate surface area is 247 Å². The minimum absolute atomic E-state index is 0.211. The molecule has 0 N–H and O–H groups in total. The largest absolute Gasteiger partial charge is 0.288 e. The van der Waals surface area contributed by atoms with Crippen LogP contribution in [0.25, 0.3) is 23.0 Å². The van der Waals surface area contributed by atoms with Gasteiger partial charge in [0.05, 0.1) is 22.0 Å². The minimum Gasteiger partial charge on any atom is -0.288 e. The monoisotopic (exact) mass is 604 g/mol. The highest BCUT2D eigenvalue weighted by Gasteiger charge is 2.33. The zero-order valence-electron chi connectivity index (χ0n) is 21.8. The summed E-state index contributed by atoms with van der Waals surface area (Å²) >= 11 is 6.70. The summed E-state index contributed by atoms with van der Waals surface area (Å²) in [6.07, 6.45) is 5.26. The Balaban J connectivity index is 1.38. The van der Waals surface area contributed by atoms with Crippen LogP contribution in [0.15, 0.2) is 94.9 Å². The summed E-state index contributed by atoms with van der Waals surface area (Å²) in [4.78, 5) is 15.5. The van der Waals surface area contributed by atoms with Crippen LogP contribution in [-0.4, -0.2) is 50.7 Å². The molecule has 7 nitrogen and oxygen atoms in total. The SMILES string of the molecule is O=C1C(=Cc2cn(-c3ccccc3)nc2-c2cccc(S(=O)(=O)N3CCCC3)c2)SC(=S)N1Cc1ccc(F)cc1. The van der Waals surface area contributed by atoms with Gasteiger partial charge in [-0.3, -0.25) is 9.69 Å². The van der Waals surface area contributed by atoms with Crippen molar-refractivity contribution in [3.63, 3.8) is 0 Å². The average molecular weight is 605 g/mol. The fraction of sp³-hybridized carbons (Fsp3) is 0.167. The number of amides is 1. The molecule has 3 heterocycles. The van der Waals surface area contributed by atoms with E-state index in [1.165, 1.54) is 33.1 Å². The molecule has 1 amide bonds. The van der Waals surface area contributed by atoms with Crippen molar-refractivity contribution in [1.29, 1.82) is 0 Å². The van der Waals surface area contributed by atoms with Gasteiger partial charge in [-0.2, -0.15) is 9.40 Å². The van der Waals surface area contributed by atoms with E-state index in [9.17, 15) is 17.6 Å². The van der Waals surface area contributed by atoms with Gasteiger partial charge >= 0.3 is 0 Å². The zero-order valence-corrected chi connectivity index (χ0v) is 24.3. The summed E-state index contributed by atoms with van der Waals surface area (Å²) in [5, 5.41) is 4.81. The van der Waals surface area contributed by atoms with E-state index in [-0.39, 0.29) is 23.2 Å². The van der Waals surface area contributed by atoms with Crippen LogP contribution in [0, 0.1) is 5.82 Å². The van der Waals surface area contributed by atoms with Crippen molar-refractivity contribution in [2.75, 3.05) is 13.1 Å². The lowest BCUT2D eigenvalue weighted by Crippen LogP contribution is -2.27. The van der Waals surface area contributed by atoms with Crippen LogP contribution in [-0.2, 0) is 21.4 Å². The lowest BCUT2D eigenvalue weighted by molar-refractivity contribution is -0.122. The smallest absolute Gasteiger partial charge is 0.266 e. The van der Waals surface area contributed by atoms with E-state index in [2.05, 4.69) is 0 Å². The number of sulfonamides is 1. The van der Waals surface area contributed by atoms with E-state index in [0.717, 1.165) is 24.1 Å². The van der Waals surface area contributed by atoms with Crippen molar-refractivity contribution >= 4 is 50.3 Å². The van der Waals surface area contributed by atoms with Crippen molar-refractivity contribution in [2.45, 2.75) is 24.3 Å². The Hall–Kier alpha value is -3.64. The maximum absolute atomic E-state index is 13.4. The van der Waals surface area contributed by atoms with Gasteiger partial charge in [-0.1, -0.05) is 66.4 Å². The molecule has 0 aliphatic carbocycles. The zero-order chi connectivity index (χ0) is 28.6. The third kappa shape index (κ3) is 5.62. The summed E-state index contributed by atoms with van der Waals surface area (Å²) in [6.45, 7) is 1.26. The van der Waals surface area contributed by atoms with E-state index in [4.69, 9.17) is 17.3 Å². The Morgan fingerprint density at radius 1 is 0.976 bits per heavy atom. The number of aromatic nitrogens is 2. The van der Waals surface area contributed by atoms with E-state index >= 15 is 0 Å². The normalized spacial score (nSPS) is 17.2. The molecule has 0 atom stereocenters. The standard InChI is InChI=1S/C30H25FN4O3S3/c31-24-13-11-21(12-14-24)19-34-29(36)27(40-30(34)39)18-23-20-35(25-8-2-1-3-9-25)32-28(23)22-7-6-10-26(17-22)41(37,38)33-15-4-5-16-33/h1-3,6-14,17-18,20H,4-5,15-16,19H2. The molecule has 3 aromatic carbocycles. The lowest BCUT2D eigenvalue weighted by atomic mass is 10.1. The molecule has 0 bridgehead atoms. The number of carbonyl (C=O) groups is 1. The molecule has 0 unspecified atom stereocenters. The molecular formula is C30H25FN4O3S3. The molecule has 2 aliphatic heterocycles. The van der Waals surface area contributed by atoms with Crippen LogP contribution in [0.3, 0.4) is 0 Å². The number of hydrogen-bond donors (Lipinski definition) is 0. The van der Waals surface area contributed by atoms with Crippen molar-refractivity contribution in [3.8, 4) is 16.9 Å². The first-order chi connectivity index (χ1) is 19.8. The predicted octanol–water partition coefficient (Wildman–Crippen LogP) is 5.86. The highest BCUT2D eigenvalue weighted by molar-refractivity contribution is 8.26. The number of thiocarbonyl (C=S) groups is 1. The van der Waals surface area contributed by atoms with Crippen LogP contribution < -0.4 is 0 Å². The molecule has 0 saturated carbocycles. The van der Waals surface area contributed by atoms with Gasteiger partial charge in [0.2, 0.25) is 10.0 Å². The molecule has 6 rings (SSSR count). The highest BCUT2D eigenvalue weighted by Crippen LogP contribution is 2.36. The Kier molecular flexibility index (Phi) is 7.60. The molecule has 1 aromatic heterocycles. The molecule has 4 aromatic rings. The van der Waals surface area contributed by atoms with Crippen LogP contribution in [0.5, 0.6) is 0 Å². The second kappa shape index (κ2) is 11.3. The van der Waals surface area contributed by atoms with Gasteiger partial charge in [-0.15, -0.1) is 0 Å². The Morgan fingerprint density at radius 2 is 1.71 bits per heavy atom. The van der Waals surface area contributed by atoms with Gasteiger partial charge in [0.25, 0.3) is 5.91 Å². The van der Waals surface area contributed by atoms with Gasteiger partial charge in [0.15, 0.2) is 0 Å². The van der Waals surface area contributed by atoms with E-state index in [1.807, 2.05) is 42.6 Å². The number of benzene rings is 3. The number of rotatable bonds is 7. The Morgan fingerprint density at radius 3 is 2.44 bits per heavy atom. The van der Waals surface area contributed by atoms with Gasteiger partial charge in [-0.05, 0) is 60.9 Å². The summed E-state index contributed by atoms with van der Waals surface area (Å²) in [5.41, 5.74) is 3.38. The summed E-state index contributed by atoms with van der Waals surface area (Å²) in [6, 6.07) is 22.3. The molecule has 41 heavy (non-hydrogen) atoms.